The highest BCUT2D eigenvalue weighted by atomic mass is 79.9. The minimum absolute atomic E-state index is 0.122. The molecule has 1 amide bonds. The highest BCUT2D eigenvalue weighted by Crippen LogP contribution is 2.27. The lowest BCUT2D eigenvalue weighted by molar-refractivity contribution is -0.137. The van der Waals surface area contributed by atoms with Gasteiger partial charge in [-0.25, -0.2) is 4.98 Å². The van der Waals surface area contributed by atoms with Crippen molar-refractivity contribution in [2.75, 3.05) is 44.2 Å². The van der Waals surface area contributed by atoms with Crippen molar-refractivity contribution in [3.63, 3.8) is 0 Å². The van der Waals surface area contributed by atoms with E-state index in [4.69, 9.17) is 4.98 Å². The first kappa shape index (κ1) is 27.0. The van der Waals surface area contributed by atoms with Crippen LogP contribution in [-0.4, -0.2) is 64.5 Å². The zero-order valence-corrected chi connectivity index (χ0v) is 25.1. The standard InChI is InChI=1S/C33H38BrN5O/c1-24(2)25-10-12-28(13-11-25)37-18-20-38(21-19-37)33(40)26-14-16-36(17-15-26)23-32-35-30-8-3-4-9-31(30)39(32)29-7-5-6-27(34)22-29/h3-13,22,24,26H,14-21,23H2,1-2H3. The number of nitrogens with zero attached hydrogens (tertiary/aromatic N) is 5. The molecule has 2 aliphatic rings. The van der Waals surface area contributed by atoms with Gasteiger partial charge in [0.2, 0.25) is 5.91 Å². The maximum atomic E-state index is 13.4. The van der Waals surface area contributed by atoms with E-state index in [-0.39, 0.29) is 5.92 Å². The molecule has 1 aromatic heterocycles. The Hall–Kier alpha value is -3.16. The van der Waals surface area contributed by atoms with Crippen molar-refractivity contribution >= 4 is 38.6 Å². The van der Waals surface area contributed by atoms with E-state index in [2.05, 4.69) is 110 Å². The number of benzene rings is 3. The van der Waals surface area contributed by atoms with Gasteiger partial charge in [0.15, 0.2) is 0 Å². The summed E-state index contributed by atoms with van der Waals surface area (Å²) in [6.45, 7) is 10.5. The molecule has 0 saturated carbocycles. The van der Waals surface area contributed by atoms with Crippen LogP contribution in [0.4, 0.5) is 5.69 Å². The van der Waals surface area contributed by atoms with Gasteiger partial charge in [0, 0.05) is 47.9 Å². The quantitative estimate of drug-likeness (QED) is 0.255. The van der Waals surface area contributed by atoms with Crippen molar-refractivity contribution in [1.29, 1.82) is 0 Å². The van der Waals surface area contributed by atoms with Gasteiger partial charge in [0.25, 0.3) is 0 Å². The summed E-state index contributed by atoms with van der Waals surface area (Å²) in [5, 5.41) is 0. The van der Waals surface area contributed by atoms with E-state index in [1.807, 2.05) is 12.1 Å². The summed E-state index contributed by atoms with van der Waals surface area (Å²) in [6.07, 6.45) is 1.82. The first-order valence-corrected chi connectivity index (χ1v) is 15.3. The second-order valence-electron chi connectivity index (χ2n) is 11.4. The maximum absolute atomic E-state index is 13.4. The predicted octanol–water partition coefficient (Wildman–Crippen LogP) is 6.47. The predicted molar refractivity (Wildman–Crippen MR) is 166 cm³/mol. The van der Waals surface area contributed by atoms with Gasteiger partial charge in [0.05, 0.1) is 17.6 Å². The molecule has 7 heteroatoms. The number of hydrogen-bond donors (Lipinski definition) is 0. The van der Waals surface area contributed by atoms with Gasteiger partial charge in [-0.2, -0.15) is 0 Å². The van der Waals surface area contributed by atoms with Crippen LogP contribution in [0.15, 0.2) is 77.3 Å². The first-order chi connectivity index (χ1) is 19.5. The Bertz CT molecular complexity index is 1460. The van der Waals surface area contributed by atoms with Crippen LogP contribution in [0, 0.1) is 5.92 Å². The SMILES string of the molecule is CC(C)c1ccc(N2CCN(C(=O)C3CCN(Cc4nc5ccccc5n4-c4cccc(Br)c4)CC3)CC2)cc1. The molecule has 0 spiro atoms. The number of likely N-dealkylation sites (tertiary alicyclic amines) is 1. The Labute approximate surface area is 245 Å². The van der Waals surface area contributed by atoms with Gasteiger partial charge in [-0.1, -0.05) is 60.1 Å². The zero-order valence-electron chi connectivity index (χ0n) is 23.5. The third kappa shape index (κ3) is 5.68. The van der Waals surface area contributed by atoms with Crippen LogP contribution in [0.25, 0.3) is 16.7 Å². The lowest BCUT2D eigenvalue weighted by Gasteiger charge is -2.39. The summed E-state index contributed by atoms with van der Waals surface area (Å²) in [5.41, 5.74) is 5.87. The number of anilines is 1. The van der Waals surface area contributed by atoms with Gasteiger partial charge in [0.1, 0.15) is 5.82 Å². The molecule has 3 heterocycles. The van der Waals surface area contributed by atoms with Crippen molar-refractivity contribution in [2.24, 2.45) is 5.92 Å². The molecule has 2 aliphatic heterocycles. The number of rotatable bonds is 6. The number of carbonyl (C=O) groups excluding carboxylic acids is 1. The second-order valence-corrected chi connectivity index (χ2v) is 12.4. The van der Waals surface area contributed by atoms with Crippen LogP contribution in [0.5, 0.6) is 0 Å². The number of imidazole rings is 1. The average Bonchev–Trinajstić information content (AvgIpc) is 3.35. The molecule has 0 aliphatic carbocycles. The molecule has 2 fully saturated rings. The van der Waals surface area contributed by atoms with E-state index in [0.29, 0.717) is 11.8 Å². The lowest BCUT2D eigenvalue weighted by atomic mass is 9.95. The van der Waals surface area contributed by atoms with Crippen LogP contribution in [0.1, 0.15) is 44.0 Å². The van der Waals surface area contributed by atoms with Crippen molar-refractivity contribution in [3.05, 3.63) is 88.7 Å². The maximum Gasteiger partial charge on any atom is 0.225 e. The van der Waals surface area contributed by atoms with Crippen molar-refractivity contribution in [3.8, 4) is 5.69 Å². The fourth-order valence-electron chi connectivity index (χ4n) is 6.14. The fourth-order valence-corrected chi connectivity index (χ4v) is 6.52. The number of piperidine rings is 1. The van der Waals surface area contributed by atoms with Crippen LogP contribution >= 0.6 is 15.9 Å². The van der Waals surface area contributed by atoms with Gasteiger partial charge < -0.3 is 9.80 Å². The summed E-state index contributed by atoms with van der Waals surface area (Å²) >= 11 is 3.63. The summed E-state index contributed by atoms with van der Waals surface area (Å²) < 4.78 is 3.32. The molecule has 208 valence electrons. The molecule has 0 radical (unpaired) electrons. The Kier molecular flexibility index (Phi) is 7.94. The molecule has 0 unspecified atom stereocenters. The molecular formula is C33H38BrN5O. The van der Waals surface area contributed by atoms with Gasteiger partial charge in [-0.05, 0) is 79.9 Å². The molecule has 40 heavy (non-hydrogen) atoms. The number of carbonyl (C=O) groups is 1. The number of para-hydroxylation sites is 2. The highest BCUT2D eigenvalue weighted by Gasteiger charge is 2.31. The topological polar surface area (TPSA) is 44.6 Å². The summed E-state index contributed by atoms with van der Waals surface area (Å²) in [4.78, 5) is 25.4. The molecule has 3 aromatic carbocycles. The Morgan fingerprint density at radius 1 is 0.875 bits per heavy atom. The average molecular weight is 601 g/mol. The normalized spacial score (nSPS) is 17.2. The Morgan fingerprint density at radius 2 is 1.60 bits per heavy atom. The molecular weight excluding hydrogens is 562 g/mol. The van der Waals surface area contributed by atoms with Crippen LogP contribution < -0.4 is 4.90 Å². The Morgan fingerprint density at radius 3 is 2.30 bits per heavy atom. The number of piperazine rings is 1. The van der Waals surface area contributed by atoms with Crippen LogP contribution in [0.2, 0.25) is 0 Å². The van der Waals surface area contributed by atoms with E-state index in [1.165, 1.54) is 11.3 Å². The van der Waals surface area contributed by atoms with Crippen molar-refractivity contribution < 1.29 is 4.79 Å². The van der Waals surface area contributed by atoms with Gasteiger partial charge in [-0.15, -0.1) is 0 Å². The highest BCUT2D eigenvalue weighted by molar-refractivity contribution is 9.10. The smallest absolute Gasteiger partial charge is 0.225 e. The lowest BCUT2D eigenvalue weighted by Crippen LogP contribution is -2.51. The number of hydrogen-bond acceptors (Lipinski definition) is 4. The second kappa shape index (κ2) is 11.8. The van der Waals surface area contributed by atoms with E-state index in [0.717, 1.165) is 85.7 Å². The summed E-state index contributed by atoms with van der Waals surface area (Å²) in [5.74, 6) is 2.05. The van der Waals surface area contributed by atoms with E-state index in [9.17, 15) is 4.79 Å². The molecule has 4 aromatic rings. The van der Waals surface area contributed by atoms with Crippen molar-refractivity contribution in [1.82, 2.24) is 19.4 Å². The van der Waals surface area contributed by atoms with Gasteiger partial charge >= 0.3 is 0 Å². The molecule has 6 nitrogen and oxygen atoms in total. The largest absolute Gasteiger partial charge is 0.368 e. The van der Waals surface area contributed by atoms with Crippen LogP contribution in [0.3, 0.4) is 0 Å². The number of amides is 1. The first-order valence-electron chi connectivity index (χ1n) is 14.5. The minimum Gasteiger partial charge on any atom is -0.368 e. The molecule has 0 N–H and O–H groups in total. The third-order valence-electron chi connectivity index (χ3n) is 8.51. The van der Waals surface area contributed by atoms with E-state index < -0.39 is 0 Å². The number of aromatic nitrogens is 2. The number of fused-ring (bicyclic) bond motifs is 1. The molecule has 0 atom stereocenters. The molecule has 6 rings (SSSR count). The number of halogens is 1. The third-order valence-corrected chi connectivity index (χ3v) is 9.01. The zero-order chi connectivity index (χ0) is 27.6. The van der Waals surface area contributed by atoms with Crippen LogP contribution in [-0.2, 0) is 11.3 Å². The van der Waals surface area contributed by atoms with Gasteiger partial charge in [-0.3, -0.25) is 14.3 Å². The van der Waals surface area contributed by atoms with Crippen molar-refractivity contribution in [2.45, 2.75) is 39.2 Å². The Balaban J connectivity index is 1.06. The fraction of sp³-hybridized carbons (Fsp3) is 0.394. The summed E-state index contributed by atoms with van der Waals surface area (Å²) in [6, 6.07) is 25.7. The molecule has 2 saturated heterocycles. The molecule has 0 bridgehead atoms. The monoisotopic (exact) mass is 599 g/mol. The summed E-state index contributed by atoms with van der Waals surface area (Å²) in [7, 11) is 0. The van der Waals surface area contributed by atoms with E-state index in [1.54, 1.807) is 0 Å². The minimum atomic E-state index is 0.122. The van der Waals surface area contributed by atoms with E-state index >= 15 is 0 Å².